The fourth-order valence-electron chi connectivity index (χ4n) is 3.35. The van der Waals surface area contributed by atoms with E-state index in [0.717, 1.165) is 43.9 Å². The summed E-state index contributed by atoms with van der Waals surface area (Å²) in [6, 6.07) is 10.8. The second kappa shape index (κ2) is 10.8. The molecule has 0 bridgehead atoms. The lowest BCUT2D eigenvalue weighted by Crippen LogP contribution is -2.10. The molecule has 0 amide bonds. The second-order valence-corrected chi connectivity index (χ2v) is 10.4. The third-order valence-electron chi connectivity index (χ3n) is 5.13. The second-order valence-electron chi connectivity index (χ2n) is 8.32. The van der Waals surface area contributed by atoms with E-state index in [4.69, 9.17) is 14.8 Å². The first-order valence-electron chi connectivity index (χ1n) is 10.7. The molecule has 1 atom stereocenters. The van der Waals surface area contributed by atoms with Crippen LogP contribution in [0.3, 0.4) is 0 Å². The van der Waals surface area contributed by atoms with Crippen molar-refractivity contribution in [3.63, 3.8) is 0 Å². The number of thioether (sulfide) groups is 1. The van der Waals surface area contributed by atoms with E-state index in [1.54, 1.807) is 17.8 Å². The monoisotopic (exact) mass is 509 g/mol. The van der Waals surface area contributed by atoms with Gasteiger partial charge in [-0.25, -0.2) is 9.78 Å². The van der Waals surface area contributed by atoms with Crippen molar-refractivity contribution in [2.45, 2.75) is 50.6 Å². The van der Waals surface area contributed by atoms with Crippen molar-refractivity contribution in [1.82, 2.24) is 4.98 Å². The molecule has 0 spiro atoms. The van der Waals surface area contributed by atoms with Gasteiger partial charge in [0.15, 0.2) is 6.61 Å². The van der Waals surface area contributed by atoms with Crippen molar-refractivity contribution >= 4 is 29.1 Å². The summed E-state index contributed by atoms with van der Waals surface area (Å²) in [6.45, 7) is 7.75. The van der Waals surface area contributed by atoms with Crippen molar-refractivity contribution in [1.29, 1.82) is 0 Å². The normalized spacial score (nSPS) is 12.7. The van der Waals surface area contributed by atoms with Crippen LogP contribution in [0.5, 0.6) is 5.75 Å². The van der Waals surface area contributed by atoms with Gasteiger partial charge in [-0.3, -0.25) is 0 Å². The number of benzene rings is 2. The van der Waals surface area contributed by atoms with E-state index < -0.39 is 17.7 Å². The first-order chi connectivity index (χ1) is 16.0. The van der Waals surface area contributed by atoms with Crippen LogP contribution in [0.25, 0.3) is 10.6 Å². The van der Waals surface area contributed by atoms with E-state index in [2.05, 4.69) is 20.8 Å². The molecule has 0 aliphatic carbocycles. The summed E-state index contributed by atoms with van der Waals surface area (Å²) in [6.07, 6.45) is -4.36. The molecule has 0 radical (unpaired) electrons. The van der Waals surface area contributed by atoms with Gasteiger partial charge in [-0.2, -0.15) is 13.2 Å². The lowest BCUT2D eigenvalue weighted by molar-refractivity contribution is -0.139. The Labute approximate surface area is 205 Å². The quantitative estimate of drug-likeness (QED) is 0.301. The van der Waals surface area contributed by atoms with Gasteiger partial charge in [0, 0.05) is 27.0 Å². The number of aliphatic carboxylic acids is 1. The Kier molecular flexibility index (Phi) is 8.30. The Hall–Kier alpha value is -2.52. The maximum absolute atomic E-state index is 12.9. The average molecular weight is 510 g/mol. The Morgan fingerprint density at radius 2 is 1.82 bits per heavy atom. The molecule has 3 aromatic rings. The third kappa shape index (κ3) is 6.54. The fraction of sp³-hybridized carbons (Fsp3) is 0.360. The van der Waals surface area contributed by atoms with Gasteiger partial charge in [-0.15, -0.1) is 23.1 Å². The highest BCUT2D eigenvalue weighted by molar-refractivity contribution is 7.99. The van der Waals surface area contributed by atoms with Crippen LogP contribution in [0, 0.1) is 6.92 Å². The number of hydrogen-bond donors (Lipinski definition) is 1. The summed E-state index contributed by atoms with van der Waals surface area (Å²) in [4.78, 5) is 17.7. The highest BCUT2D eigenvalue weighted by Gasteiger charge is 2.30. The lowest BCUT2D eigenvalue weighted by Gasteiger charge is -2.14. The van der Waals surface area contributed by atoms with Gasteiger partial charge in [-0.1, -0.05) is 32.9 Å². The highest BCUT2D eigenvalue weighted by Crippen LogP contribution is 2.39. The molecule has 0 unspecified atom stereocenters. The van der Waals surface area contributed by atoms with Crippen molar-refractivity contribution in [3.8, 4) is 16.3 Å². The number of carbonyl (C=O) groups is 1. The lowest BCUT2D eigenvalue weighted by atomic mass is 10.0. The molecule has 1 heterocycles. The maximum Gasteiger partial charge on any atom is 0.416 e. The fourth-order valence-corrected chi connectivity index (χ4v) is 5.76. The molecule has 0 aliphatic heterocycles. The average Bonchev–Trinajstić information content (AvgIpc) is 3.22. The van der Waals surface area contributed by atoms with E-state index in [1.165, 1.54) is 23.5 Å². The van der Waals surface area contributed by atoms with Crippen molar-refractivity contribution in [3.05, 3.63) is 64.2 Å². The highest BCUT2D eigenvalue weighted by atomic mass is 32.2. The van der Waals surface area contributed by atoms with Crippen molar-refractivity contribution < 1.29 is 27.8 Å². The molecular weight excluding hydrogens is 483 g/mol. The topological polar surface area (TPSA) is 59.4 Å². The molecular formula is C25H26F3NO3S2. The molecule has 182 valence electrons. The predicted octanol–water partition coefficient (Wildman–Crippen LogP) is 7.62. The molecule has 1 aromatic heterocycles. The number of carboxylic acids is 1. The summed E-state index contributed by atoms with van der Waals surface area (Å²) in [5.41, 5.74) is 1.85. The van der Waals surface area contributed by atoms with Crippen molar-refractivity contribution in [2.24, 2.45) is 0 Å². The number of rotatable bonds is 9. The minimum Gasteiger partial charge on any atom is -0.482 e. The number of hydrogen-bond acceptors (Lipinski definition) is 5. The Morgan fingerprint density at radius 1 is 1.15 bits per heavy atom. The first kappa shape index (κ1) is 26.1. The summed E-state index contributed by atoms with van der Waals surface area (Å²) >= 11 is 3.21. The Morgan fingerprint density at radius 3 is 2.38 bits per heavy atom. The zero-order valence-corrected chi connectivity index (χ0v) is 20.9. The summed E-state index contributed by atoms with van der Waals surface area (Å²) in [7, 11) is 0. The summed E-state index contributed by atoms with van der Waals surface area (Å²) in [5, 5.41) is 9.50. The van der Waals surface area contributed by atoms with Crippen LogP contribution in [0.1, 0.15) is 54.3 Å². The van der Waals surface area contributed by atoms with E-state index >= 15 is 0 Å². The van der Waals surface area contributed by atoms with Gasteiger partial charge in [0.05, 0.1) is 11.3 Å². The van der Waals surface area contributed by atoms with Crippen LogP contribution in [-0.2, 0) is 11.0 Å². The molecule has 0 saturated heterocycles. The molecule has 0 saturated carbocycles. The summed E-state index contributed by atoms with van der Waals surface area (Å²) in [5.74, 6) is 0.697. The molecule has 9 heteroatoms. The number of nitrogens with zero attached hydrogens (tertiary/aromatic N) is 1. The smallest absolute Gasteiger partial charge is 0.416 e. The van der Waals surface area contributed by atoms with Gasteiger partial charge < -0.3 is 9.84 Å². The number of aromatic nitrogens is 1. The van der Waals surface area contributed by atoms with Gasteiger partial charge >= 0.3 is 12.1 Å². The number of aryl methyl sites for hydroxylation is 1. The number of halogens is 3. The van der Waals surface area contributed by atoms with E-state index in [1.807, 2.05) is 19.1 Å². The number of carboxylic acid groups (broad SMARTS) is 1. The van der Waals surface area contributed by atoms with Crippen LogP contribution >= 0.6 is 23.1 Å². The van der Waals surface area contributed by atoms with Crippen LogP contribution < -0.4 is 4.74 Å². The van der Waals surface area contributed by atoms with Crippen LogP contribution in [0.2, 0.25) is 0 Å². The standard InChI is InChI=1S/C25H26F3NO3S2/c1-14(2)22-23(34-24(29-22)17-5-7-18(8-6-17)25(26,27)28)16(4)13-33-19-9-10-20(15(3)11-19)32-12-21(30)31/h5-11,14,16H,12-13H2,1-4H3,(H,30,31)/t16-/m0/s1. The molecule has 3 rings (SSSR count). The molecule has 1 N–H and O–H groups in total. The van der Waals surface area contributed by atoms with Gasteiger partial charge in [0.2, 0.25) is 0 Å². The largest absolute Gasteiger partial charge is 0.482 e. The first-order valence-corrected chi connectivity index (χ1v) is 12.5. The Balaban J connectivity index is 1.74. The van der Waals surface area contributed by atoms with Crippen molar-refractivity contribution in [2.75, 3.05) is 12.4 Å². The zero-order chi connectivity index (χ0) is 25.0. The molecule has 2 aromatic carbocycles. The SMILES string of the molecule is Cc1cc(SC[C@H](C)c2sc(-c3ccc(C(F)(F)F)cc3)nc2C(C)C)ccc1OCC(=O)O. The van der Waals surface area contributed by atoms with Crippen LogP contribution in [-0.4, -0.2) is 28.4 Å². The van der Waals surface area contributed by atoms with E-state index in [-0.39, 0.29) is 18.4 Å². The molecule has 34 heavy (non-hydrogen) atoms. The predicted molar refractivity (Wildman–Crippen MR) is 130 cm³/mol. The van der Waals surface area contributed by atoms with Crippen LogP contribution in [0.15, 0.2) is 47.4 Å². The van der Waals surface area contributed by atoms with Gasteiger partial charge in [0.1, 0.15) is 10.8 Å². The number of thiazole rings is 1. The minimum absolute atomic E-state index is 0.186. The molecule has 4 nitrogen and oxygen atoms in total. The molecule has 0 aliphatic rings. The van der Waals surface area contributed by atoms with E-state index in [0.29, 0.717) is 11.3 Å². The van der Waals surface area contributed by atoms with Crippen LogP contribution in [0.4, 0.5) is 13.2 Å². The van der Waals surface area contributed by atoms with Gasteiger partial charge in [0.25, 0.3) is 0 Å². The number of ether oxygens (including phenoxy) is 1. The Bertz CT molecular complexity index is 1140. The van der Waals surface area contributed by atoms with E-state index in [9.17, 15) is 18.0 Å². The number of alkyl halides is 3. The minimum atomic E-state index is -4.36. The zero-order valence-electron chi connectivity index (χ0n) is 19.3. The summed E-state index contributed by atoms with van der Waals surface area (Å²) < 4.78 is 44.0. The third-order valence-corrected chi connectivity index (χ3v) is 7.74. The maximum atomic E-state index is 12.9. The van der Waals surface area contributed by atoms with Gasteiger partial charge in [-0.05, 0) is 48.7 Å². The molecule has 0 fully saturated rings.